The molecule has 0 saturated heterocycles. The molecular formula is C17H16N4OS. The van der Waals surface area contributed by atoms with Crippen molar-refractivity contribution in [3.63, 3.8) is 0 Å². The predicted molar refractivity (Wildman–Crippen MR) is 90.4 cm³/mol. The Balaban J connectivity index is 1.52. The summed E-state index contributed by atoms with van der Waals surface area (Å²) in [7, 11) is 0. The Morgan fingerprint density at radius 3 is 2.96 bits per heavy atom. The first-order valence-electron chi connectivity index (χ1n) is 7.53. The third kappa shape index (κ3) is 2.66. The topological polar surface area (TPSA) is 70.7 Å². The van der Waals surface area contributed by atoms with Crippen LogP contribution in [-0.4, -0.2) is 21.1 Å². The Hall–Kier alpha value is -2.47. The molecule has 2 atom stereocenters. The zero-order chi connectivity index (χ0) is 15.8. The molecule has 2 N–H and O–H groups in total. The van der Waals surface area contributed by atoms with Crippen molar-refractivity contribution in [1.29, 1.82) is 0 Å². The van der Waals surface area contributed by atoms with Crippen molar-refractivity contribution < 1.29 is 4.79 Å². The fraction of sp³-hybridized carbons (Fsp3) is 0.235. The first-order valence-corrected chi connectivity index (χ1v) is 8.41. The van der Waals surface area contributed by atoms with Crippen LogP contribution in [0.15, 0.2) is 42.0 Å². The van der Waals surface area contributed by atoms with E-state index in [1.54, 1.807) is 11.3 Å². The first-order chi connectivity index (χ1) is 11.2. The number of H-pyrrole nitrogens is 1. The van der Waals surface area contributed by atoms with Gasteiger partial charge in [0.05, 0.1) is 5.69 Å². The average Bonchev–Trinajstić information content (AvgIpc) is 2.95. The SMILES string of the molecule is Cc1ccsc1[C@@H]1C[C@@H]1C(=O)Nc1ccccc1-c1ncn[nH]1. The second-order valence-electron chi connectivity index (χ2n) is 5.79. The highest BCUT2D eigenvalue weighted by Crippen LogP contribution is 2.50. The number of thiophene rings is 1. The summed E-state index contributed by atoms with van der Waals surface area (Å²) >= 11 is 1.75. The molecule has 2 aromatic heterocycles. The lowest BCUT2D eigenvalue weighted by Crippen LogP contribution is -2.15. The van der Waals surface area contributed by atoms with Crippen molar-refractivity contribution in [1.82, 2.24) is 15.2 Å². The van der Waals surface area contributed by atoms with Crippen molar-refractivity contribution in [2.75, 3.05) is 5.32 Å². The van der Waals surface area contributed by atoms with E-state index in [0.717, 1.165) is 17.7 Å². The zero-order valence-corrected chi connectivity index (χ0v) is 13.4. The highest BCUT2D eigenvalue weighted by Gasteiger charge is 2.45. The van der Waals surface area contributed by atoms with Gasteiger partial charge in [-0.2, -0.15) is 5.10 Å². The number of aryl methyl sites for hydroxylation is 1. The zero-order valence-electron chi connectivity index (χ0n) is 12.6. The molecule has 0 bridgehead atoms. The van der Waals surface area contributed by atoms with Gasteiger partial charge in [0.1, 0.15) is 6.33 Å². The van der Waals surface area contributed by atoms with Crippen LogP contribution in [0.1, 0.15) is 22.8 Å². The number of aromatic amines is 1. The second-order valence-corrected chi connectivity index (χ2v) is 6.73. The van der Waals surface area contributed by atoms with Gasteiger partial charge in [-0.1, -0.05) is 12.1 Å². The number of nitrogens with one attached hydrogen (secondary N) is 2. The van der Waals surface area contributed by atoms with Crippen LogP contribution in [0.25, 0.3) is 11.4 Å². The molecule has 23 heavy (non-hydrogen) atoms. The third-order valence-electron chi connectivity index (χ3n) is 4.22. The van der Waals surface area contributed by atoms with E-state index in [0.29, 0.717) is 11.7 Å². The largest absolute Gasteiger partial charge is 0.325 e. The van der Waals surface area contributed by atoms with Gasteiger partial charge in [0, 0.05) is 22.3 Å². The lowest BCUT2D eigenvalue weighted by Gasteiger charge is -2.09. The normalized spacial score (nSPS) is 19.5. The highest BCUT2D eigenvalue weighted by atomic mass is 32.1. The van der Waals surface area contributed by atoms with E-state index in [1.165, 1.54) is 16.8 Å². The number of hydrogen-bond donors (Lipinski definition) is 2. The average molecular weight is 324 g/mol. The maximum Gasteiger partial charge on any atom is 0.228 e. The number of carbonyl (C=O) groups excluding carboxylic acids is 1. The number of para-hydroxylation sites is 1. The molecule has 1 amide bonds. The van der Waals surface area contributed by atoms with Crippen LogP contribution in [0, 0.1) is 12.8 Å². The minimum atomic E-state index is 0.0649. The maximum absolute atomic E-state index is 12.6. The van der Waals surface area contributed by atoms with Gasteiger partial charge in [-0.05, 0) is 42.5 Å². The summed E-state index contributed by atoms with van der Waals surface area (Å²) in [4.78, 5) is 18.1. The number of aromatic nitrogens is 3. The number of hydrogen-bond acceptors (Lipinski definition) is 4. The van der Waals surface area contributed by atoms with E-state index in [1.807, 2.05) is 24.3 Å². The Morgan fingerprint density at radius 1 is 1.35 bits per heavy atom. The van der Waals surface area contributed by atoms with Crippen LogP contribution >= 0.6 is 11.3 Å². The summed E-state index contributed by atoms with van der Waals surface area (Å²) in [6.07, 6.45) is 2.39. The number of anilines is 1. The van der Waals surface area contributed by atoms with E-state index in [9.17, 15) is 4.79 Å². The van der Waals surface area contributed by atoms with Gasteiger partial charge < -0.3 is 5.32 Å². The number of amides is 1. The molecule has 116 valence electrons. The smallest absolute Gasteiger partial charge is 0.228 e. The van der Waals surface area contributed by atoms with Crippen LogP contribution in [0.3, 0.4) is 0 Å². The summed E-state index contributed by atoms with van der Waals surface area (Å²) in [6.45, 7) is 2.11. The predicted octanol–water partition coefficient (Wildman–Crippen LogP) is 3.58. The van der Waals surface area contributed by atoms with Crippen molar-refractivity contribution >= 4 is 22.9 Å². The molecule has 4 rings (SSSR count). The molecule has 1 aliphatic rings. The van der Waals surface area contributed by atoms with E-state index >= 15 is 0 Å². The highest BCUT2D eigenvalue weighted by molar-refractivity contribution is 7.10. The Bertz CT molecular complexity index is 840. The monoisotopic (exact) mass is 324 g/mol. The van der Waals surface area contributed by atoms with Gasteiger partial charge in [-0.3, -0.25) is 9.89 Å². The molecule has 1 saturated carbocycles. The summed E-state index contributed by atoms with van der Waals surface area (Å²) in [5, 5.41) is 11.9. The minimum absolute atomic E-state index is 0.0649. The number of carbonyl (C=O) groups is 1. The molecule has 6 heteroatoms. The Labute approximate surface area is 137 Å². The molecule has 0 aliphatic heterocycles. The number of rotatable bonds is 4. The fourth-order valence-corrected chi connectivity index (χ4v) is 4.01. The quantitative estimate of drug-likeness (QED) is 0.770. The standard InChI is InChI=1S/C17H16N4OS/c1-10-6-7-23-15(10)12-8-13(12)17(22)20-14-5-3-2-4-11(14)16-18-9-19-21-16/h2-7,9,12-13H,8H2,1H3,(H,20,22)(H,18,19,21)/t12-,13+/m1/s1. The molecule has 0 spiro atoms. The van der Waals surface area contributed by atoms with Gasteiger partial charge >= 0.3 is 0 Å². The summed E-state index contributed by atoms with van der Waals surface area (Å²) in [5.74, 6) is 1.17. The molecular weight excluding hydrogens is 308 g/mol. The molecule has 0 unspecified atom stereocenters. The fourth-order valence-electron chi connectivity index (χ4n) is 2.90. The molecule has 5 nitrogen and oxygen atoms in total. The van der Waals surface area contributed by atoms with E-state index in [2.05, 4.69) is 38.9 Å². The van der Waals surface area contributed by atoms with Crippen LogP contribution < -0.4 is 5.32 Å². The van der Waals surface area contributed by atoms with E-state index in [-0.39, 0.29) is 11.8 Å². The third-order valence-corrected chi connectivity index (χ3v) is 5.37. The molecule has 0 radical (unpaired) electrons. The van der Waals surface area contributed by atoms with Crippen LogP contribution in [0.5, 0.6) is 0 Å². The van der Waals surface area contributed by atoms with Crippen LogP contribution in [-0.2, 0) is 4.79 Å². The maximum atomic E-state index is 12.6. The van der Waals surface area contributed by atoms with Crippen molar-refractivity contribution in [2.45, 2.75) is 19.3 Å². The minimum Gasteiger partial charge on any atom is -0.325 e. The molecule has 1 aliphatic carbocycles. The summed E-state index contributed by atoms with van der Waals surface area (Å²) in [6, 6.07) is 9.76. The lowest BCUT2D eigenvalue weighted by atomic mass is 10.1. The molecule has 1 fully saturated rings. The van der Waals surface area contributed by atoms with Gasteiger partial charge in [0.15, 0.2) is 5.82 Å². The Kier molecular flexibility index (Phi) is 3.46. The Morgan fingerprint density at radius 2 is 2.22 bits per heavy atom. The van der Waals surface area contributed by atoms with Gasteiger partial charge in [0.25, 0.3) is 0 Å². The lowest BCUT2D eigenvalue weighted by molar-refractivity contribution is -0.117. The molecule has 3 aromatic rings. The number of benzene rings is 1. The molecule has 2 heterocycles. The van der Waals surface area contributed by atoms with Crippen LogP contribution in [0.2, 0.25) is 0 Å². The first kappa shape index (κ1) is 14.1. The second kappa shape index (κ2) is 5.62. The van der Waals surface area contributed by atoms with E-state index < -0.39 is 0 Å². The van der Waals surface area contributed by atoms with E-state index in [4.69, 9.17) is 0 Å². The van der Waals surface area contributed by atoms with Gasteiger partial charge in [-0.15, -0.1) is 11.3 Å². The van der Waals surface area contributed by atoms with Crippen molar-refractivity contribution in [3.05, 3.63) is 52.5 Å². The van der Waals surface area contributed by atoms with Gasteiger partial charge in [0.2, 0.25) is 5.91 Å². The summed E-state index contributed by atoms with van der Waals surface area (Å²) < 4.78 is 0. The van der Waals surface area contributed by atoms with Crippen molar-refractivity contribution in [3.8, 4) is 11.4 Å². The van der Waals surface area contributed by atoms with Crippen molar-refractivity contribution in [2.24, 2.45) is 5.92 Å². The number of nitrogens with zero attached hydrogens (tertiary/aromatic N) is 2. The molecule has 1 aromatic carbocycles. The van der Waals surface area contributed by atoms with Crippen LogP contribution in [0.4, 0.5) is 5.69 Å². The summed E-state index contributed by atoms with van der Waals surface area (Å²) in [5.41, 5.74) is 2.91. The van der Waals surface area contributed by atoms with Gasteiger partial charge in [-0.25, -0.2) is 4.98 Å².